The summed E-state index contributed by atoms with van der Waals surface area (Å²) in [6, 6.07) is 2.99. The molecule has 0 aromatic carbocycles. The van der Waals surface area contributed by atoms with Gasteiger partial charge in [0.05, 0.1) is 0 Å². The first-order valence-corrected chi connectivity index (χ1v) is 7.37. The highest BCUT2D eigenvalue weighted by Crippen LogP contribution is 2.16. The average molecular weight is 227 g/mol. The summed E-state index contributed by atoms with van der Waals surface area (Å²) in [5.74, 6) is 2.67. The Morgan fingerprint density at radius 1 is 1.50 bits per heavy atom. The van der Waals surface area contributed by atoms with Gasteiger partial charge in [-0.3, -0.25) is 0 Å². The third-order valence-electron chi connectivity index (χ3n) is 2.59. The quantitative estimate of drug-likeness (QED) is 0.849. The lowest BCUT2D eigenvalue weighted by Crippen LogP contribution is -2.35. The first-order chi connectivity index (χ1) is 6.95. The second-order valence-corrected chi connectivity index (χ2v) is 5.68. The van der Waals surface area contributed by atoms with E-state index in [1.54, 1.807) is 11.3 Å². The van der Waals surface area contributed by atoms with E-state index in [0.29, 0.717) is 0 Å². The minimum Gasteiger partial charge on any atom is -0.313 e. The van der Waals surface area contributed by atoms with Crippen molar-refractivity contribution in [2.75, 3.05) is 18.1 Å². The minimum absolute atomic E-state index is 0.771. The molecule has 1 unspecified atom stereocenters. The Bertz CT molecular complexity index is 240. The van der Waals surface area contributed by atoms with Gasteiger partial charge in [-0.25, -0.2) is 0 Å². The Morgan fingerprint density at radius 3 is 3.21 bits per heavy atom. The van der Waals surface area contributed by atoms with Crippen LogP contribution in [-0.2, 0) is 6.42 Å². The van der Waals surface area contributed by atoms with Crippen molar-refractivity contribution in [3.8, 4) is 0 Å². The molecule has 0 radical (unpaired) electrons. The molecular weight excluding hydrogens is 210 g/mol. The standard InChI is InChI=1S/C11H17NS2/c1-2-11(9-13-6-1)12-5-3-10-4-7-14-8-10/h4,7-8,11-12H,1-3,5-6,9H2. The van der Waals surface area contributed by atoms with Gasteiger partial charge >= 0.3 is 0 Å². The topological polar surface area (TPSA) is 12.0 Å². The van der Waals surface area contributed by atoms with Gasteiger partial charge in [0.1, 0.15) is 0 Å². The van der Waals surface area contributed by atoms with Gasteiger partial charge in [-0.2, -0.15) is 23.1 Å². The van der Waals surface area contributed by atoms with Crippen LogP contribution in [0.3, 0.4) is 0 Å². The molecule has 1 atom stereocenters. The third-order valence-corrected chi connectivity index (χ3v) is 4.53. The summed E-state index contributed by atoms with van der Waals surface area (Å²) in [6.07, 6.45) is 3.95. The zero-order valence-electron chi connectivity index (χ0n) is 8.37. The van der Waals surface area contributed by atoms with Gasteiger partial charge in [-0.1, -0.05) is 0 Å². The van der Waals surface area contributed by atoms with Crippen LogP contribution in [0.5, 0.6) is 0 Å². The van der Waals surface area contributed by atoms with E-state index in [1.807, 2.05) is 0 Å². The minimum atomic E-state index is 0.771. The smallest absolute Gasteiger partial charge is 0.0158 e. The molecule has 0 bridgehead atoms. The molecule has 1 nitrogen and oxygen atoms in total. The van der Waals surface area contributed by atoms with Gasteiger partial charge < -0.3 is 5.32 Å². The van der Waals surface area contributed by atoms with E-state index in [1.165, 1.54) is 36.3 Å². The molecule has 1 fully saturated rings. The second kappa shape index (κ2) is 5.79. The lowest BCUT2D eigenvalue weighted by molar-refractivity contribution is 0.511. The van der Waals surface area contributed by atoms with E-state index >= 15 is 0 Å². The Labute approximate surface area is 94.3 Å². The highest BCUT2D eigenvalue weighted by atomic mass is 32.2. The van der Waals surface area contributed by atoms with Crippen molar-refractivity contribution in [3.63, 3.8) is 0 Å². The van der Waals surface area contributed by atoms with Crippen molar-refractivity contribution in [2.45, 2.75) is 25.3 Å². The van der Waals surface area contributed by atoms with E-state index in [2.05, 4.69) is 33.9 Å². The van der Waals surface area contributed by atoms with Gasteiger partial charge in [-0.05, 0) is 54.0 Å². The van der Waals surface area contributed by atoms with Crippen molar-refractivity contribution in [3.05, 3.63) is 22.4 Å². The van der Waals surface area contributed by atoms with Crippen LogP contribution >= 0.6 is 23.1 Å². The third kappa shape index (κ3) is 3.30. The van der Waals surface area contributed by atoms with E-state index in [0.717, 1.165) is 12.6 Å². The van der Waals surface area contributed by atoms with Crippen LogP contribution in [0.2, 0.25) is 0 Å². The van der Waals surface area contributed by atoms with Gasteiger partial charge in [-0.15, -0.1) is 0 Å². The summed E-state index contributed by atoms with van der Waals surface area (Å²) >= 11 is 3.88. The average Bonchev–Trinajstić information content (AvgIpc) is 2.72. The fourth-order valence-corrected chi connectivity index (χ4v) is 3.57. The van der Waals surface area contributed by atoms with Crippen LogP contribution in [-0.4, -0.2) is 24.1 Å². The molecule has 1 aromatic rings. The Morgan fingerprint density at radius 2 is 2.50 bits per heavy atom. The first-order valence-electron chi connectivity index (χ1n) is 5.27. The van der Waals surface area contributed by atoms with E-state index < -0.39 is 0 Å². The fraction of sp³-hybridized carbons (Fsp3) is 0.636. The van der Waals surface area contributed by atoms with Gasteiger partial charge in [0.25, 0.3) is 0 Å². The molecule has 2 heterocycles. The molecule has 14 heavy (non-hydrogen) atoms. The molecule has 0 spiro atoms. The SMILES string of the molecule is c1cc(CCNC2CCCSC2)cs1. The van der Waals surface area contributed by atoms with E-state index in [-0.39, 0.29) is 0 Å². The zero-order chi connectivity index (χ0) is 9.64. The molecule has 0 saturated carbocycles. The lowest BCUT2D eigenvalue weighted by atomic mass is 10.1. The molecule has 1 aromatic heterocycles. The van der Waals surface area contributed by atoms with Crippen LogP contribution in [0.4, 0.5) is 0 Å². The summed E-state index contributed by atoms with van der Waals surface area (Å²) in [7, 11) is 0. The molecule has 1 N–H and O–H groups in total. The van der Waals surface area contributed by atoms with Crippen LogP contribution in [0.25, 0.3) is 0 Å². The largest absolute Gasteiger partial charge is 0.313 e. The van der Waals surface area contributed by atoms with Crippen molar-refractivity contribution in [1.82, 2.24) is 5.32 Å². The Balaban J connectivity index is 1.62. The normalized spacial score (nSPS) is 22.4. The summed E-state index contributed by atoms with van der Waals surface area (Å²) in [5.41, 5.74) is 1.48. The fourth-order valence-electron chi connectivity index (χ4n) is 1.76. The summed E-state index contributed by atoms with van der Waals surface area (Å²) in [5, 5.41) is 8.05. The number of thiophene rings is 1. The number of hydrogen-bond donors (Lipinski definition) is 1. The Kier molecular flexibility index (Phi) is 4.35. The maximum atomic E-state index is 3.64. The predicted molar refractivity (Wildman–Crippen MR) is 66.4 cm³/mol. The monoisotopic (exact) mass is 227 g/mol. The van der Waals surface area contributed by atoms with Crippen LogP contribution in [0.15, 0.2) is 16.8 Å². The van der Waals surface area contributed by atoms with Gasteiger partial charge in [0.2, 0.25) is 0 Å². The molecule has 1 aliphatic rings. The molecule has 1 aliphatic heterocycles. The molecule has 78 valence electrons. The predicted octanol–water partition coefficient (Wildman–Crippen LogP) is 2.78. The molecular formula is C11H17NS2. The number of hydrogen-bond acceptors (Lipinski definition) is 3. The van der Waals surface area contributed by atoms with Crippen LogP contribution < -0.4 is 5.32 Å². The second-order valence-electron chi connectivity index (χ2n) is 3.75. The maximum Gasteiger partial charge on any atom is 0.0158 e. The highest BCUT2D eigenvalue weighted by Gasteiger charge is 2.12. The molecule has 0 amide bonds. The van der Waals surface area contributed by atoms with Crippen molar-refractivity contribution >= 4 is 23.1 Å². The molecule has 1 saturated heterocycles. The summed E-state index contributed by atoms with van der Waals surface area (Å²) < 4.78 is 0. The lowest BCUT2D eigenvalue weighted by Gasteiger charge is -2.22. The molecule has 0 aliphatic carbocycles. The molecule has 2 rings (SSSR count). The highest BCUT2D eigenvalue weighted by molar-refractivity contribution is 7.99. The summed E-state index contributed by atoms with van der Waals surface area (Å²) in [4.78, 5) is 0. The van der Waals surface area contributed by atoms with Crippen molar-refractivity contribution < 1.29 is 0 Å². The Hall–Kier alpha value is 0.01000. The van der Waals surface area contributed by atoms with Crippen LogP contribution in [0, 0.1) is 0 Å². The zero-order valence-corrected chi connectivity index (χ0v) is 10.0. The van der Waals surface area contributed by atoms with Gasteiger partial charge in [0, 0.05) is 11.8 Å². The maximum absolute atomic E-state index is 3.64. The van der Waals surface area contributed by atoms with Crippen LogP contribution in [0.1, 0.15) is 18.4 Å². The van der Waals surface area contributed by atoms with E-state index in [9.17, 15) is 0 Å². The first kappa shape index (κ1) is 10.5. The molecule has 3 heteroatoms. The van der Waals surface area contributed by atoms with Gasteiger partial charge in [0.15, 0.2) is 0 Å². The van der Waals surface area contributed by atoms with Crippen molar-refractivity contribution in [1.29, 1.82) is 0 Å². The van der Waals surface area contributed by atoms with E-state index in [4.69, 9.17) is 0 Å². The number of thioether (sulfide) groups is 1. The number of rotatable bonds is 4. The summed E-state index contributed by atoms with van der Waals surface area (Å²) in [6.45, 7) is 1.14. The number of nitrogens with one attached hydrogen (secondary N) is 1. The van der Waals surface area contributed by atoms with Crippen molar-refractivity contribution in [2.24, 2.45) is 0 Å².